The number of aromatic nitrogens is 1. The number of benzene rings is 2. The number of anilines is 1. The van der Waals surface area contributed by atoms with E-state index < -0.39 is 5.60 Å². The van der Waals surface area contributed by atoms with Gasteiger partial charge in [-0.2, -0.15) is 0 Å². The molecule has 1 aliphatic heterocycles. The Morgan fingerprint density at radius 2 is 1.80 bits per heavy atom. The van der Waals surface area contributed by atoms with Crippen molar-refractivity contribution in [1.82, 2.24) is 4.98 Å². The molecule has 1 unspecified atom stereocenters. The van der Waals surface area contributed by atoms with Crippen molar-refractivity contribution in [3.8, 4) is 5.75 Å². The Labute approximate surface area is 154 Å². The van der Waals surface area contributed by atoms with Crippen molar-refractivity contribution in [3.63, 3.8) is 0 Å². The predicted octanol–water partition coefficient (Wildman–Crippen LogP) is 4.14. The second-order valence-electron chi connectivity index (χ2n) is 5.84. The van der Waals surface area contributed by atoms with Crippen LogP contribution in [-0.4, -0.2) is 17.9 Å². The number of hydrogen-bond acceptors (Lipinski definition) is 3. The molecule has 1 aromatic heterocycles. The molecule has 3 aromatic rings. The van der Waals surface area contributed by atoms with E-state index in [2.05, 4.69) is 20.9 Å². The Balaban J connectivity index is 1.99. The molecule has 1 aliphatic rings. The molecule has 0 radical (unpaired) electrons. The third-order valence-corrected chi connectivity index (χ3v) is 4.84. The lowest BCUT2D eigenvalue weighted by Crippen LogP contribution is -2.45. The molecular formula is C20H15BrN2O2. The molecule has 4 nitrogen and oxygen atoms in total. The summed E-state index contributed by atoms with van der Waals surface area (Å²) in [6, 6.07) is 20.6. The van der Waals surface area contributed by atoms with E-state index in [1.54, 1.807) is 18.1 Å². The van der Waals surface area contributed by atoms with Gasteiger partial charge in [-0.05, 0) is 42.5 Å². The minimum absolute atomic E-state index is 0.164. The van der Waals surface area contributed by atoms with Crippen molar-refractivity contribution in [3.05, 3.63) is 88.7 Å². The summed E-state index contributed by atoms with van der Waals surface area (Å²) >= 11 is 3.51. The van der Waals surface area contributed by atoms with Crippen LogP contribution in [0.5, 0.6) is 5.75 Å². The van der Waals surface area contributed by atoms with E-state index in [-0.39, 0.29) is 5.91 Å². The number of halogens is 1. The van der Waals surface area contributed by atoms with Crippen LogP contribution in [-0.2, 0) is 10.4 Å². The van der Waals surface area contributed by atoms with Gasteiger partial charge in [0.1, 0.15) is 5.75 Å². The van der Waals surface area contributed by atoms with Crippen LogP contribution in [0.2, 0.25) is 0 Å². The van der Waals surface area contributed by atoms with E-state index >= 15 is 0 Å². The number of para-hydroxylation sites is 1. The molecule has 25 heavy (non-hydrogen) atoms. The lowest BCUT2D eigenvalue weighted by molar-refractivity contribution is -0.130. The number of carbonyl (C=O) groups is 1. The summed E-state index contributed by atoms with van der Waals surface area (Å²) < 4.78 is 7.22. The quantitative estimate of drug-likeness (QED) is 0.670. The highest BCUT2D eigenvalue weighted by Gasteiger charge is 2.55. The number of amides is 1. The molecule has 1 atom stereocenters. The van der Waals surface area contributed by atoms with Gasteiger partial charge in [0.25, 0.3) is 11.5 Å². The van der Waals surface area contributed by atoms with E-state index in [9.17, 15) is 4.79 Å². The van der Waals surface area contributed by atoms with Gasteiger partial charge in [0, 0.05) is 23.3 Å². The van der Waals surface area contributed by atoms with Gasteiger partial charge in [-0.15, -0.1) is 0 Å². The molecule has 0 saturated carbocycles. The highest BCUT2D eigenvalue weighted by molar-refractivity contribution is 9.10. The zero-order valence-corrected chi connectivity index (χ0v) is 15.1. The fraction of sp³-hybridized carbons (Fsp3) is 0.100. The Kier molecular flexibility index (Phi) is 3.81. The van der Waals surface area contributed by atoms with Crippen LogP contribution in [0.15, 0.2) is 77.4 Å². The monoisotopic (exact) mass is 394 g/mol. The van der Waals surface area contributed by atoms with Gasteiger partial charge in [0.2, 0.25) is 0 Å². The van der Waals surface area contributed by atoms with Gasteiger partial charge >= 0.3 is 0 Å². The highest BCUT2D eigenvalue weighted by atomic mass is 79.9. The van der Waals surface area contributed by atoms with E-state index in [1.165, 1.54) is 0 Å². The van der Waals surface area contributed by atoms with Gasteiger partial charge in [-0.1, -0.05) is 40.2 Å². The largest absolute Gasteiger partial charge is 0.466 e. The maximum Gasteiger partial charge on any atom is 0.282 e. The standard InChI is InChI=1S/C20H15BrN2O2/c1-23-17-11-10-14(21)13-16(17)20(19(23)24,18-9-5-6-12-22-18)25-15-7-3-2-4-8-15/h2-13H,1H3. The molecule has 1 amide bonds. The first-order valence-corrected chi connectivity index (χ1v) is 8.66. The minimum atomic E-state index is -1.31. The number of hydrogen-bond donors (Lipinski definition) is 0. The third kappa shape index (κ3) is 2.43. The first kappa shape index (κ1) is 15.8. The number of carbonyl (C=O) groups excluding carboxylic acids is 1. The van der Waals surface area contributed by atoms with Crippen LogP contribution >= 0.6 is 15.9 Å². The number of likely N-dealkylation sites (N-methyl/N-ethyl adjacent to an activating group) is 1. The second-order valence-corrected chi connectivity index (χ2v) is 6.75. The van der Waals surface area contributed by atoms with Crippen LogP contribution in [0.4, 0.5) is 5.69 Å². The van der Waals surface area contributed by atoms with Crippen LogP contribution in [0.3, 0.4) is 0 Å². The number of nitrogens with zero attached hydrogens (tertiary/aromatic N) is 2. The molecule has 0 aliphatic carbocycles. The van der Waals surface area contributed by atoms with E-state index in [0.717, 1.165) is 15.7 Å². The smallest absolute Gasteiger partial charge is 0.282 e. The molecule has 5 heteroatoms. The van der Waals surface area contributed by atoms with Crippen LogP contribution in [0.25, 0.3) is 0 Å². The fourth-order valence-electron chi connectivity index (χ4n) is 3.18. The van der Waals surface area contributed by atoms with Crippen molar-refractivity contribution in [2.45, 2.75) is 5.60 Å². The van der Waals surface area contributed by atoms with Crippen molar-refractivity contribution in [2.75, 3.05) is 11.9 Å². The normalized spacial score (nSPS) is 19.0. The summed E-state index contributed by atoms with van der Waals surface area (Å²) in [5, 5.41) is 0. The zero-order valence-electron chi connectivity index (χ0n) is 13.5. The van der Waals surface area contributed by atoms with Gasteiger partial charge in [-0.25, -0.2) is 0 Å². The molecule has 0 saturated heterocycles. The van der Waals surface area contributed by atoms with Crippen molar-refractivity contribution < 1.29 is 9.53 Å². The van der Waals surface area contributed by atoms with Crippen molar-refractivity contribution in [1.29, 1.82) is 0 Å². The molecule has 0 spiro atoms. The first-order chi connectivity index (χ1) is 12.1. The SMILES string of the molecule is CN1C(=O)C(Oc2ccccc2)(c2ccccn2)c2cc(Br)ccc21. The highest BCUT2D eigenvalue weighted by Crippen LogP contribution is 2.46. The van der Waals surface area contributed by atoms with Crippen LogP contribution in [0.1, 0.15) is 11.3 Å². The lowest BCUT2D eigenvalue weighted by Gasteiger charge is -2.29. The zero-order chi connectivity index (χ0) is 17.4. The summed E-state index contributed by atoms with van der Waals surface area (Å²) in [4.78, 5) is 19.4. The molecule has 124 valence electrons. The van der Waals surface area contributed by atoms with Crippen molar-refractivity contribution >= 4 is 27.5 Å². The number of ether oxygens (including phenoxy) is 1. The molecule has 2 aromatic carbocycles. The Morgan fingerprint density at radius 3 is 2.52 bits per heavy atom. The molecular weight excluding hydrogens is 380 g/mol. The Hall–Kier alpha value is -2.66. The number of fused-ring (bicyclic) bond motifs is 1. The maximum atomic E-state index is 13.3. The minimum Gasteiger partial charge on any atom is -0.466 e. The van der Waals surface area contributed by atoms with Crippen LogP contribution < -0.4 is 9.64 Å². The lowest BCUT2D eigenvalue weighted by atomic mass is 9.90. The number of pyridine rings is 1. The Bertz CT molecular complexity index is 931. The molecule has 0 fully saturated rings. The van der Waals surface area contributed by atoms with E-state index in [0.29, 0.717) is 11.4 Å². The van der Waals surface area contributed by atoms with Gasteiger partial charge < -0.3 is 9.64 Å². The number of rotatable bonds is 3. The summed E-state index contributed by atoms with van der Waals surface area (Å²) in [7, 11) is 1.76. The van der Waals surface area contributed by atoms with Gasteiger partial charge in [-0.3, -0.25) is 9.78 Å². The molecule has 4 rings (SSSR count). The van der Waals surface area contributed by atoms with Crippen molar-refractivity contribution in [2.24, 2.45) is 0 Å². The van der Waals surface area contributed by atoms with Crippen LogP contribution in [0, 0.1) is 0 Å². The van der Waals surface area contributed by atoms with Gasteiger partial charge in [0.15, 0.2) is 0 Å². The first-order valence-electron chi connectivity index (χ1n) is 7.86. The summed E-state index contributed by atoms with van der Waals surface area (Å²) in [5.74, 6) is 0.450. The van der Waals surface area contributed by atoms with Gasteiger partial charge in [0.05, 0.1) is 11.4 Å². The average Bonchev–Trinajstić information content (AvgIpc) is 2.85. The van der Waals surface area contributed by atoms with E-state index in [4.69, 9.17) is 4.74 Å². The summed E-state index contributed by atoms with van der Waals surface area (Å²) in [5.41, 5.74) is 0.843. The third-order valence-electron chi connectivity index (χ3n) is 4.34. The topological polar surface area (TPSA) is 42.4 Å². The second kappa shape index (κ2) is 6.01. The molecule has 0 bridgehead atoms. The maximum absolute atomic E-state index is 13.3. The summed E-state index contributed by atoms with van der Waals surface area (Å²) in [6.07, 6.45) is 1.68. The average molecular weight is 395 g/mol. The molecule has 0 N–H and O–H groups in total. The predicted molar refractivity (Wildman–Crippen MR) is 99.6 cm³/mol. The summed E-state index contributed by atoms with van der Waals surface area (Å²) in [6.45, 7) is 0. The van der Waals surface area contributed by atoms with E-state index in [1.807, 2.05) is 66.7 Å². The fourth-order valence-corrected chi connectivity index (χ4v) is 3.54. The molecule has 2 heterocycles. The Morgan fingerprint density at radius 1 is 1.04 bits per heavy atom.